The maximum Gasteiger partial charge on any atom is 0.169 e. The lowest BCUT2D eigenvalue weighted by Crippen LogP contribution is -2.06. The van der Waals surface area contributed by atoms with Crippen molar-refractivity contribution in [1.29, 1.82) is 0 Å². The Morgan fingerprint density at radius 2 is 2.23 bits per heavy atom. The third kappa shape index (κ3) is 1.55. The number of nitrogens with two attached hydrogens (primary N) is 2. The number of aromatic nitrogens is 2. The van der Waals surface area contributed by atoms with E-state index in [0.717, 1.165) is 18.7 Å². The van der Waals surface area contributed by atoms with Gasteiger partial charge in [0.25, 0.3) is 0 Å². The highest BCUT2D eigenvalue weighted by Crippen LogP contribution is 2.25. The maximum absolute atomic E-state index is 5.62. The number of ether oxygens (including phenoxy) is 1. The fraction of sp³-hybridized carbons (Fsp3) is 0.500. The van der Waals surface area contributed by atoms with Crippen LogP contribution in [0.5, 0.6) is 0 Å². The monoisotopic (exact) mass is 180 g/mol. The zero-order valence-electron chi connectivity index (χ0n) is 7.23. The molecule has 5 heteroatoms. The van der Waals surface area contributed by atoms with Crippen molar-refractivity contribution in [2.45, 2.75) is 12.3 Å². The van der Waals surface area contributed by atoms with E-state index < -0.39 is 0 Å². The van der Waals surface area contributed by atoms with Gasteiger partial charge in [0, 0.05) is 12.5 Å². The third-order valence-electron chi connectivity index (χ3n) is 2.22. The second kappa shape index (κ2) is 3.18. The second-order valence-electron chi connectivity index (χ2n) is 3.17. The standard InChI is InChI=1S/C8H12N4O/c9-6-3-7(11-12-8(6)10)5-1-2-13-4-5/h3,5H,1-2,4H2,(H2,9,11)(H2,10,12). The van der Waals surface area contributed by atoms with Gasteiger partial charge in [-0.25, -0.2) is 0 Å². The molecule has 70 valence electrons. The first kappa shape index (κ1) is 8.25. The number of anilines is 2. The molecule has 1 aromatic heterocycles. The van der Waals surface area contributed by atoms with Crippen molar-refractivity contribution in [3.63, 3.8) is 0 Å². The average Bonchev–Trinajstić information content (AvgIpc) is 2.62. The minimum atomic E-state index is 0.294. The van der Waals surface area contributed by atoms with E-state index in [-0.39, 0.29) is 0 Å². The van der Waals surface area contributed by atoms with Gasteiger partial charge in [-0.2, -0.15) is 5.10 Å². The molecule has 1 saturated heterocycles. The van der Waals surface area contributed by atoms with Crippen LogP contribution in [0.4, 0.5) is 11.5 Å². The van der Waals surface area contributed by atoms with Crippen LogP contribution in [0.2, 0.25) is 0 Å². The van der Waals surface area contributed by atoms with Crippen molar-refractivity contribution in [3.8, 4) is 0 Å². The van der Waals surface area contributed by atoms with E-state index in [2.05, 4.69) is 10.2 Å². The van der Waals surface area contributed by atoms with Crippen molar-refractivity contribution in [1.82, 2.24) is 10.2 Å². The molecule has 0 radical (unpaired) electrons. The Morgan fingerprint density at radius 3 is 2.85 bits per heavy atom. The van der Waals surface area contributed by atoms with E-state index in [4.69, 9.17) is 16.2 Å². The summed E-state index contributed by atoms with van der Waals surface area (Å²) in [5.74, 6) is 0.623. The zero-order valence-corrected chi connectivity index (χ0v) is 7.23. The van der Waals surface area contributed by atoms with E-state index in [9.17, 15) is 0 Å². The first-order valence-corrected chi connectivity index (χ1v) is 4.23. The normalized spacial score (nSPS) is 22.0. The minimum absolute atomic E-state index is 0.294. The fourth-order valence-electron chi connectivity index (χ4n) is 1.40. The highest BCUT2D eigenvalue weighted by Gasteiger charge is 2.19. The smallest absolute Gasteiger partial charge is 0.169 e. The predicted molar refractivity (Wildman–Crippen MR) is 49.0 cm³/mol. The molecule has 1 unspecified atom stereocenters. The molecule has 1 atom stereocenters. The summed E-state index contributed by atoms with van der Waals surface area (Å²) in [5, 5.41) is 7.76. The molecule has 0 bridgehead atoms. The van der Waals surface area contributed by atoms with Crippen molar-refractivity contribution in [2.24, 2.45) is 0 Å². The van der Waals surface area contributed by atoms with E-state index in [0.29, 0.717) is 24.0 Å². The van der Waals surface area contributed by atoms with Crippen molar-refractivity contribution in [2.75, 3.05) is 24.7 Å². The van der Waals surface area contributed by atoms with Gasteiger partial charge in [0.05, 0.1) is 18.0 Å². The second-order valence-corrected chi connectivity index (χ2v) is 3.17. The summed E-state index contributed by atoms with van der Waals surface area (Å²) in [5.41, 5.74) is 12.5. The molecule has 1 aliphatic rings. The molecule has 0 amide bonds. The van der Waals surface area contributed by atoms with Gasteiger partial charge in [-0.05, 0) is 12.5 Å². The van der Waals surface area contributed by atoms with Gasteiger partial charge < -0.3 is 16.2 Å². The number of hydrogen-bond acceptors (Lipinski definition) is 5. The van der Waals surface area contributed by atoms with Crippen LogP contribution in [-0.2, 0) is 4.74 Å². The molecular weight excluding hydrogens is 168 g/mol. The molecule has 0 aliphatic carbocycles. The molecule has 4 N–H and O–H groups in total. The summed E-state index contributed by atoms with van der Waals surface area (Å²) in [4.78, 5) is 0. The first-order chi connectivity index (χ1) is 6.27. The molecule has 2 rings (SSSR count). The van der Waals surface area contributed by atoms with Gasteiger partial charge in [0.2, 0.25) is 0 Å². The van der Waals surface area contributed by atoms with E-state index in [1.807, 2.05) is 0 Å². The lowest BCUT2D eigenvalue weighted by molar-refractivity contribution is 0.193. The largest absolute Gasteiger partial charge is 0.396 e. The molecule has 5 nitrogen and oxygen atoms in total. The topological polar surface area (TPSA) is 87.0 Å². The maximum atomic E-state index is 5.62. The fourth-order valence-corrected chi connectivity index (χ4v) is 1.40. The summed E-state index contributed by atoms with van der Waals surface area (Å²) in [6.07, 6.45) is 0.984. The molecule has 0 saturated carbocycles. The number of hydrogen-bond donors (Lipinski definition) is 2. The van der Waals surface area contributed by atoms with Gasteiger partial charge >= 0.3 is 0 Å². The van der Waals surface area contributed by atoms with Gasteiger partial charge in [0.1, 0.15) is 0 Å². The average molecular weight is 180 g/mol. The first-order valence-electron chi connectivity index (χ1n) is 4.23. The predicted octanol–water partition coefficient (Wildman–Crippen LogP) is 0.145. The van der Waals surface area contributed by atoms with Gasteiger partial charge in [-0.1, -0.05) is 0 Å². The Labute approximate surface area is 76.1 Å². The van der Waals surface area contributed by atoms with Gasteiger partial charge in [0.15, 0.2) is 5.82 Å². The Bertz CT molecular complexity index is 309. The highest BCUT2D eigenvalue weighted by molar-refractivity contribution is 5.57. The molecule has 0 spiro atoms. The Morgan fingerprint density at radius 1 is 1.38 bits per heavy atom. The molecule has 1 fully saturated rings. The third-order valence-corrected chi connectivity index (χ3v) is 2.22. The quantitative estimate of drug-likeness (QED) is 0.642. The van der Waals surface area contributed by atoms with Gasteiger partial charge in [-0.3, -0.25) is 0 Å². The Balaban J connectivity index is 2.25. The molecule has 0 aromatic carbocycles. The van der Waals surface area contributed by atoms with E-state index in [1.54, 1.807) is 6.07 Å². The number of nitrogens with zero attached hydrogens (tertiary/aromatic N) is 2. The van der Waals surface area contributed by atoms with Crippen molar-refractivity contribution in [3.05, 3.63) is 11.8 Å². The highest BCUT2D eigenvalue weighted by atomic mass is 16.5. The lowest BCUT2D eigenvalue weighted by Gasteiger charge is -2.06. The zero-order chi connectivity index (χ0) is 9.26. The Kier molecular flexibility index (Phi) is 2.02. The van der Waals surface area contributed by atoms with E-state index >= 15 is 0 Å². The summed E-state index contributed by atoms with van der Waals surface area (Å²) < 4.78 is 5.24. The molecular formula is C8H12N4O. The molecule has 13 heavy (non-hydrogen) atoms. The van der Waals surface area contributed by atoms with Crippen LogP contribution in [0.3, 0.4) is 0 Å². The molecule has 1 aliphatic heterocycles. The van der Waals surface area contributed by atoms with E-state index in [1.165, 1.54) is 0 Å². The van der Waals surface area contributed by atoms with Crippen LogP contribution in [0, 0.1) is 0 Å². The van der Waals surface area contributed by atoms with Crippen LogP contribution in [-0.4, -0.2) is 23.4 Å². The van der Waals surface area contributed by atoms with Crippen LogP contribution in [0.15, 0.2) is 6.07 Å². The molecule has 2 heterocycles. The van der Waals surface area contributed by atoms with Crippen LogP contribution in [0.25, 0.3) is 0 Å². The van der Waals surface area contributed by atoms with Crippen LogP contribution < -0.4 is 11.5 Å². The van der Waals surface area contributed by atoms with Crippen molar-refractivity contribution < 1.29 is 4.74 Å². The number of rotatable bonds is 1. The summed E-state index contributed by atoms with van der Waals surface area (Å²) >= 11 is 0. The van der Waals surface area contributed by atoms with Crippen LogP contribution >= 0.6 is 0 Å². The SMILES string of the molecule is Nc1cc(C2CCOC2)nnc1N. The summed E-state index contributed by atoms with van der Waals surface area (Å²) in [7, 11) is 0. The number of nitrogen functional groups attached to an aromatic ring is 2. The molecule has 1 aromatic rings. The lowest BCUT2D eigenvalue weighted by atomic mass is 10.0. The van der Waals surface area contributed by atoms with Gasteiger partial charge in [-0.15, -0.1) is 5.10 Å². The minimum Gasteiger partial charge on any atom is -0.396 e. The van der Waals surface area contributed by atoms with Crippen molar-refractivity contribution >= 4 is 11.5 Å². The van der Waals surface area contributed by atoms with Crippen LogP contribution in [0.1, 0.15) is 18.0 Å². The Hall–Kier alpha value is -1.36. The summed E-state index contributed by atoms with van der Waals surface area (Å²) in [6, 6.07) is 1.78. The summed E-state index contributed by atoms with van der Waals surface area (Å²) in [6.45, 7) is 1.49.